The van der Waals surface area contributed by atoms with Crippen molar-refractivity contribution in [2.24, 2.45) is 4.99 Å². The van der Waals surface area contributed by atoms with Crippen molar-refractivity contribution in [2.75, 3.05) is 37.6 Å². The highest BCUT2D eigenvalue weighted by Gasteiger charge is 2.27. The van der Waals surface area contributed by atoms with E-state index >= 15 is 0 Å². The van der Waals surface area contributed by atoms with Crippen LogP contribution < -0.4 is 15.5 Å². The highest BCUT2D eigenvalue weighted by Crippen LogP contribution is 2.19. The molecule has 0 aliphatic carbocycles. The zero-order chi connectivity index (χ0) is 23.0. The van der Waals surface area contributed by atoms with Crippen molar-refractivity contribution < 1.29 is 9.53 Å². The van der Waals surface area contributed by atoms with E-state index in [4.69, 9.17) is 9.73 Å². The maximum Gasteiger partial charge on any atom is 0.407 e. The number of rotatable bonds is 5. The lowest BCUT2D eigenvalue weighted by molar-refractivity contribution is 0.0507. The lowest BCUT2D eigenvalue weighted by Crippen LogP contribution is -2.44. The summed E-state index contributed by atoms with van der Waals surface area (Å²) in [6.07, 6.45) is 7.51. The molecule has 178 valence electrons. The van der Waals surface area contributed by atoms with Gasteiger partial charge in [-0.2, -0.15) is 0 Å². The summed E-state index contributed by atoms with van der Waals surface area (Å²) < 4.78 is 5.39. The fourth-order valence-corrected chi connectivity index (χ4v) is 4.17. The van der Waals surface area contributed by atoms with Crippen LogP contribution in [0.3, 0.4) is 0 Å². The molecule has 0 saturated carbocycles. The number of amides is 1. The third kappa shape index (κ3) is 7.57. The Morgan fingerprint density at radius 1 is 1.22 bits per heavy atom. The highest BCUT2D eigenvalue weighted by atomic mass is 16.6. The molecule has 1 atom stereocenters. The lowest BCUT2D eigenvalue weighted by Gasteiger charge is -2.23. The van der Waals surface area contributed by atoms with Crippen LogP contribution in [-0.2, 0) is 11.3 Å². The van der Waals surface area contributed by atoms with Crippen molar-refractivity contribution in [3.05, 3.63) is 23.9 Å². The van der Waals surface area contributed by atoms with Gasteiger partial charge in [0, 0.05) is 38.9 Å². The first-order valence-electron chi connectivity index (χ1n) is 12.1. The van der Waals surface area contributed by atoms with Gasteiger partial charge >= 0.3 is 6.09 Å². The highest BCUT2D eigenvalue weighted by molar-refractivity contribution is 5.80. The second kappa shape index (κ2) is 11.4. The fourth-order valence-electron chi connectivity index (χ4n) is 4.17. The SMILES string of the molecule is CCNC(=NCc1ccnc(N2CCCCCC2)c1)N1CCC(NC(=O)OC(C)(C)C)C1. The van der Waals surface area contributed by atoms with E-state index in [9.17, 15) is 4.79 Å². The summed E-state index contributed by atoms with van der Waals surface area (Å²) in [6.45, 7) is 12.8. The Bertz CT molecular complexity index is 768. The van der Waals surface area contributed by atoms with Crippen LogP contribution in [0.5, 0.6) is 0 Å². The minimum absolute atomic E-state index is 0.0595. The Morgan fingerprint density at radius 2 is 1.97 bits per heavy atom. The number of aromatic nitrogens is 1. The van der Waals surface area contributed by atoms with Gasteiger partial charge in [-0.3, -0.25) is 0 Å². The van der Waals surface area contributed by atoms with Crippen LogP contribution in [0.1, 0.15) is 65.4 Å². The molecular formula is C24H40N6O2. The monoisotopic (exact) mass is 444 g/mol. The summed E-state index contributed by atoms with van der Waals surface area (Å²) in [5, 5.41) is 6.38. The van der Waals surface area contributed by atoms with Crippen LogP contribution in [0.2, 0.25) is 0 Å². The molecule has 3 rings (SSSR count). The van der Waals surface area contributed by atoms with Crippen LogP contribution >= 0.6 is 0 Å². The van der Waals surface area contributed by atoms with Crippen molar-refractivity contribution >= 4 is 17.9 Å². The van der Waals surface area contributed by atoms with Gasteiger partial charge in [0.2, 0.25) is 0 Å². The Labute approximate surface area is 192 Å². The first-order chi connectivity index (χ1) is 15.3. The van der Waals surface area contributed by atoms with Crippen molar-refractivity contribution in [1.82, 2.24) is 20.5 Å². The van der Waals surface area contributed by atoms with Crippen molar-refractivity contribution in [3.63, 3.8) is 0 Å². The van der Waals surface area contributed by atoms with Gasteiger partial charge in [-0.1, -0.05) is 12.8 Å². The number of alkyl carbamates (subject to hydrolysis) is 1. The van der Waals surface area contributed by atoms with E-state index in [1.807, 2.05) is 33.0 Å². The average molecular weight is 445 g/mol. The van der Waals surface area contributed by atoms with Crippen LogP contribution in [0, 0.1) is 0 Å². The van der Waals surface area contributed by atoms with Crippen LogP contribution in [0.4, 0.5) is 10.6 Å². The number of guanidine groups is 1. The fraction of sp³-hybridized carbons (Fsp3) is 0.708. The number of hydrogen-bond acceptors (Lipinski definition) is 5. The number of nitrogens with zero attached hydrogens (tertiary/aromatic N) is 4. The van der Waals surface area contributed by atoms with Gasteiger partial charge in [0.1, 0.15) is 11.4 Å². The first-order valence-corrected chi connectivity index (χ1v) is 12.1. The Hall–Kier alpha value is -2.51. The predicted molar refractivity (Wildman–Crippen MR) is 129 cm³/mol. The molecule has 0 spiro atoms. The molecule has 1 aromatic heterocycles. The first kappa shape index (κ1) is 24.1. The number of nitrogens with one attached hydrogen (secondary N) is 2. The van der Waals surface area contributed by atoms with Gasteiger partial charge in [0.25, 0.3) is 0 Å². The summed E-state index contributed by atoms with van der Waals surface area (Å²) in [4.78, 5) is 26.2. The van der Waals surface area contributed by atoms with Crippen molar-refractivity contribution in [3.8, 4) is 0 Å². The number of likely N-dealkylation sites (tertiary alicyclic amines) is 1. The van der Waals surface area contributed by atoms with E-state index in [0.29, 0.717) is 6.54 Å². The number of hydrogen-bond donors (Lipinski definition) is 2. The van der Waals surface area contributed by atoms with E-state index in [-0.39, 0.29) is 12.1 Å². The minimum atomic E-state index is -0.491. The number of pyridine rings is 1. The quantitative estimate of drug-likeness (QED) is 0.534. The normalized spacial score (nSPS) is 20.1. The van der Waals surface area contributed by atoms with E-state index < -0.39 is 5.60 Å². The lowest BCUT2D eigenvalue weighted by atomic mass is 10.2. The van der Waals surface area contributed by atoms with Gasteiger partial charge in [-0.05, 0) is 64.7 Å². The van der Waals surface area contributed by atoms with Crippen LogP contribution in [0.15, 0.2) is 23.3 Å². The molecule has 8 nitrogen and oxygen atoms in total. The second-order valence-corrected chi connectivity index (χ2v) is 9.67. The molecule has 8 heteroatoms. The molecule has 2 aliphatic heterocycles. The summed E-state index contributed by atoms with van der Waals surface area (Å²) in [5.74, 6) is 1.95. The number of ether oxygens (including phenoxy) is 1. The van der Waals surface area contributed by atoms with E-state index in [1.54, 1.807) is 0 Å². The molecule has 0 radical (unpaired) electrons. The van der Waals surface area contributed by atoms with Gasteiger partial charge in [-0.25, -0.2) is 14.8 Å². The largest absolute Gasteiger partial charge is 0.444 e. The standard InChI is InChI=1S/C24H40N6O2/c1-5-25-22(30-15-11-20(18-30)28-23(31)32-24(2,3)4)27-17-19-10-12-26-21(16-19)29-13-8-6-7-9-14-29/h10,12,16,20H,5-9,11,13-15,17-18H2,1-4H3,(H,25,27)(H,28,31). The molecule has 2 saturated heterocycles. The summed E-state index contributed by atoms with van der Waals surface area (Å²) in [7, 11) is 0. The minimum Gasteiger partial charge on any atom is -0.444 e. The van der Waals surface area contributed by atoms with E-state index in [0.717, 1.165) is 56.5 Å². The molecule has 3 heterocycles. The smallest absolute Gasteiger partial charge is 0.407 e. The molecule has 1 unspecified atom stereocenters. The summed E-state index contributed by atoms with van der Waals surface area (Å²) >= 11 is 0. The zero-order valence-electron chi connectivity index (χ0n) is 20.2. The molecule has 0 aromatic carbocycles. The molecule has 32 heavy (non-hydrogen) atoms. The Balaban J connectivity index is 1.59. The van der Waals surface area contributed by atoms with Gasteiger partial charge in [-0.15, -0.1) is 0 Å². The molecular weight excluding hydrogens is 404 g/mol. The predicted octanol–water partition coefficient (Wildman–Crippen LogP) is 3.53. The van der Waals surface area contributed by atoms with Crippen LogP contribution in [0.25, 0.3) is 0 Å². The molecule has 2 fully saturated rings. The van der Waals surface area contributed by atoms with Crippen molar-refractivity contribution in [2.45, 2.75) is 78.0 Å². The molecule has 0 bridgehead atoms. The van der Waals surface area contributed by atoms with E-state index in [2.05, 4.69) is 38.4 Å². The number of carbonyl (C=O) groups excluding carboxylic acids is 1. The zero-order valence-corrected chi connectivity index (χ0v) is 20.2. The van der Waals surface area contributed by atoms with Crippen LogP contribution in [-0.4, -0.2) is 66.3 Å². The maximum atomic E-state index is 12.1. The van der Waals surface area contributed by atoms with Gasteiger partial charge in [0.05, 0.1) is 12.6 Å². The van der Waals surface area contributed by atoms with Gasteiger partial charge in [0.15, 0.2) is 5.96 Å². The third-order valence-electron chi connectivity index (χ3n) is 5.69. The number of anilines is 1. The topological polar surface area (TPSA) is 82.1 Å². The molecule has 1 aromatic rings. The summed E-state index contributed by atoms with van der Waals surface area (Å²) in [6, 6.07) is 4.28. The van der Waals surface area contributed by atoms with Gasteiger partial charge < -0.3 is 25.2 Å². The number of carbonyl (C=O) groups is 1. The average Bonchev–Trinajstić information content (AvgIpc) is 3.01. The van der Waals surface area contributed by atoms with Crippen molar-refractivity contribution in [1.29, 1.82) is 0 Å². The second-order valence-electron chi connectivity index (χ2n) is 9.67. The van der Waals surface area contributed by atoms with E-state index in [1.165, 1.54) is 25.7 Å². The third-order valence-corrected chi connectivity index (χ3v) is 5.69. The Morgan fingerprint density at radius 3 is 2.66 bits per heavy atom. The molecule has 1 amide bonds. The summed E-state index contributed by atoms with van der Waals surface area (Å²) in [5.41, 5.74) is 0.674. The number of aliphatic imine (C=N–C) groups is 1. The molecule has 2 N–H and O–H groups in total. The Kier molecular flexibility index (Phi) is 8.59. The maximum absolute atomic E-state index is 12.1. The molecule has 2 aliphatic rings.